The van der Waals surface area contributed by atoms with Gasteiger partial charge in [0.15, 0.2) is 0 Å². The molecule has 1 heterocycles. The Morgan fingerprint density at radius 2 is 1.86 bits per heavy atom. The number of hydrogen-bond donors (Lipinski definition) is 0. The van der Waals surface area contributed by atoms with E-state index in [1.54, 1.807) is 0 Å². The average Bonchev–Trinajstić information content (AvgIpc) is 2.50. The molecule has 0 fully saturated rings. The first-order valence-corrected chi connectivity index (χ1v) is 7.18. The van der Waals surface area contributed by atoms with Gasteiger partial charge < -0.3 is 9.53 Å². The summed E-state index contributed by atoms with van der Waals surface area (Å²) in [7, 11) is 0. The third kappa shape index (κ3) is 2.49. The summed E-state index contributed by atoms with van der Waals surface area (Å²) >= 11 is 0. The number of ether oxygens (including phenoxy) is 1. The Balaban J connectivity index is 2.12. The maximum Gasteiger partial charge on any atom is 0.132 e. The lowest BCUT2D eigenvalue weighted by atomic mass is 9.85. The molecule has 0 aliphatic carbocycles. The van der Waals surface area contributed by atoms with Gasteiger partial charge in [-0.05, 0) is 38.0 Å². The predicted molar refractivity (Wildman–Crippen MR) is 84.0 cm³/mol. The quantitative estimate of drug-likeness (QED) is 0.604. The molecular weight excluding hydrogens is 260 g/mol. The molecule has 1 atom stereocenters. The molecule has 2 aromatic rings. The molecule has 2 heteroatoms. The van der Waals surface area contributed by atoms with Gasteiger partial charge in [-0.15, -0.1) is 0 Å². The summed E-state index contributed by atoms with van der Waals surface area (Å²) < 4.78 is 5.98. The van der Waals surface area contributed by atoms with E-state index in [0.29, 0.717) is 0 Å². The minimum Gasteiger partial charge on any atom is -0.457 e. The van der Waals surface area contributed by atoms with Crippen LogP contribution in [0.1, 0.15) is 36.5 Å². The molecule has 0 aromatic heterocycles. The number of hydrogen-bond acceptors (Lipinski definition) is 2. The van der Waals surface area contributed by atoms with Gasteiger partial charge in [-0.25, -0.2) is 0 Å². The number of carbonyl (C=O) groups excluding carboxylic acids is 1. The standard InChI is InChI=1S/C19H18O2/c1-13(2)10-11-14-6-5-9-18-19(14)16(12-20)15-7-3-4-8-17(15)21-18/h3-10,12,16H,11H2,1-2H3. The van der Waals surface area contributed by atoms with Crippen LogP contribution in [0.15, 0.2) is 54.1 Å². The molecule has 21 heavy (non-hydrogen) atoms. The molecule has 0 saturated heterocycles. The summed E-state index contributed by atoms with van der Waals surface area (Å²) in [5.41, 5.74) is 4.38. The SMILES string of the molecule is CC(C)=CCc1cccc2c1C(C=O)c1ccccc1O2. The molecule has 0 spiro atoms. The van der Waals surface area contributed by atoms with Crippen LogP contribution in [0, 0.1) is 0 Å². The van der Waals surface area contributed by atoms with Gasteiger partial charge in [0.1, 0.15) is 17.8 Å². The summed E-state index contributed by atoms with van der Waals surface area (Å²) in [6.45, 7) is 4.16. The van der Waals surface area contributed by atoms with Gasteiger partial charge in [-0.1, -0.05) is 42.0 Å². The highest BCUT2D eigenvalue weighted by Crippen LogP contribution is 2.44. The Labute approximate surface area is 125 Å². The first-order valence-electron chi connectivity index (χ1n) is 7.18. The second-order valence-electron chi connectivity index (χ2n) is 5.57. The zero-order valence-corrected chi connectivity index (χ0v) is 12.3. The van der Waals surface area contributed by atoms with Crippen LogP contribution in [-0.2, 0) is 11.2 Å². The highest BCUT2D eigenvalue weighted by atomic mass is 16.5. The van der Waals surface area contributed by atoms with E-state index in [-0.39, 0.29) is 5.92 Å². The maximum absolute atomic E-state index is 11.7. The summed E-state index contributed by atoms with van der Waals surface area (Å²) in [4.78, 5) is 11.7. The van der Waals surface area contributed by atoms with Gasteiger partial charge in [-0.2, -0.15) is 0 Å². The van der Waals surface area contributed by atoms with E-state index in [1.165, 1.54) is 5.57 Å². The molecule has 1 unspecified atom stereocenters. The fourth-order valence-corrected chi connectivity index (χ4v) is 2.77. The number of para-hydroxylation sites is 1. The smallest absolute Gasteiger partial charge is 0.132 e. The van der Waals surface area contributed by atoms with Gasteiger partial charge in [0.2, 0.25) is 0 Å². The molecule has 0 radical (unpaired) electrons. The van der Waals surface area contributed by atoms with Crippen molar-refractivity contribution < 1.29 is 9.53 Å². The third-order valence-electron chi connectivity index (χ3n) is 3.81. The van der Waals surface area contributed by atoms with Gasteiger partial charge >= 0.3 is 0 Å². The summed E-state index contributed by atoms with van der Waals surface area (Å²) in [5.74, 6) is 1.33. The van der Waals surface area contributed by atoms with E-state index in [1.807, 2.05) is 36.4 Å². The summed E-state index contributed by atoms with van der Waals surface area (Å²) in [6.07, 6.45) is 4.02. The zero-order chi connectivity index (χ0) is 14.8. The van der Waals surface area contributed by atoms with E-state index in [4.69, 9.17) is 4.74 Å². The monoisotopic (exact) mass is 278 g/mol. The third-order valence-corrected chi connectivity index (χ3v) is 3.81. The second kappa shape index (κ2) is 5.57. The van der Waals surface area contributed by atoms with Crippen molar-refractivity contribution in [2.24, 2.45) is 0 Å². The number of aldehydes is 1. The highest BCUT2D eigenvalue weighted by molar-refractivity contribution is 5.75. The lowest BCUT2D eigenvalue weighted by molar-refractivity contribution is -0.108. The highest BCUT2D eigenvalue weighted by Gasteiger charge is 2.28. The molecule has 0 N–H and O–H groups in total. The first kappa shape index (κ1) is 13.6. The van der Waals surface area contributed by atoms with Crippen LogP contribution in [-0.4, -0.2) is 6.29 Å². The zero-order valence-electron chi connectivity index (χ0n) is 12.3. The Morgan fingerprint density at radius 1 is 1.10 bits per heavy atom. The molecule has 0 amide bonds. The van der Waals surface area contributed by atoms with Gasteiger partial charge in [0.05, 0.1) is 5.92 Å². The van der Waals surface area contributed by atoms with Crippen molar-refractivity contribution in [1.29, 1.82) is 0 Å². The number of carbonyl (C=O) groups is 1. The van der Waals surface area contributed by atoms with Crippen LogP contribution >= 0.6 is 0 Å². The van der Waals surface area contributed by atoms with E-state index in [0.717, 1.165) is 40.9 Å². The van der Waals surface area contributed by atoms with Crippen molar-refractivity contribution >= 4 is 6.29 Å². The van der Waals surface area contributed by atoms with Crippen LogP contribution < -0.4 is 4.74 Å². The Bertz CT molecular complexity index is 709. The lowest BCUT2D eigenvalue weighted by Gasteiger charge is -2.26. The van der Waals surface area contributed by atoms with Gasteiger partial charge in [-0.3, -0.25) is 0 Å². The number of rotatable bonds is 3. The maximum atomic E-state index is 11.7. The first-order chi connectivity index (χ1) is 10.2. The fraction of sp³-hybridized carbons (Fsp3) is 0.211. The molecule has 2 nitrogen and oxygen atoms in total. The fourth-order valence-electron chi connectivity index (χ4n) is 2.77. The van der Waals surface area contributed by atoms with Gasteiger partial charge in [0, 0.05) is 11.1 Å². The minimum atomic E-state index is -0.244. The number of fused-ring (bicyclic) bond motifs is 2. The van der Waals surface area contributed by atoms with Crippen molar-refractivity contribution in [1.82, 2.24) is 0 Å². The number of benzene rings is 2. The Hall–Kier alpha value is -2.35. The van der Waals surface area contributed by atoms with E-state index in [2.05, 4.69) is 26.0 Å². The van der Waals surface area contributed by atoms with Crippen molar-refractivity contribution in [2.75, 3.05) is 0 Å². The summed E-state index contributed by atoms with van der Waals surface area (Å²) in [5, 5.41) is 0. The number of allylic oxidation sites excluding steroid dienone is 2. The van der Waals surface area contributed by atoms with Crippen LogP contribution in [0.25, 0.3) is 0 Å². The van der Waals surface area contributed by atoms with E-state index < -0.39 is 0 Å². The van der Waals surface area contributed by atoms with Crippen molar-refractivity contribution in [3.8, 4) is 11.5 Å². The minimum absolute atomic E-state index is 0.244. The average molecular weight is 278 g/mol. The molecule has 0 bridgehead atoms. The molecule has 2 aromatic carbocycles. The lowest BCUT2D eigenvalue weighted by Crippen LogP contribution is -2.13. The van der Waals surface area contributed by atoms with Crippen molar-refractivity contribution in [3.05, 3.63) is 70.8 Å². The largest absolute Gasteiger partial charge is 0.457 e. The molecular formula is C19H18O2. The molecule has 1 aliphatic rings. The van der Waals surface area contributed by atoms with Gasteiger partial charge in [0.25, 0.3) is 0 Å². The topological polar surface area (TPSA) is 26.3 Å². The Morgan fingerprint density at radius 3 is 2.62 bits per heavy atom. The molecule has 0 saturated carbocycles. The predicted octanol–water partition coefficient (Wildman–Crippen LogP) is 4.63. The van der Waals surface area contributed by atoms with Crippen LogP contribution in [0.2, 0.25) is 0 Å². The molecule has 1 aliphatic heterocycles. The normalized spacial score (nSPS) is 15.4. The Kier molecular flexibility index (Phi) is 3.61. The molecule has 106 valence electrons. The van der Waals surface area contributed by atoms with Crippen molar-refractivity contribution in [3.63, 3.8) is 0 Å². The summed E-state index contributed by atoms with van der Waals surface area (Å²) in [6, 6.07) is 13.8. The van der Waals surface area contributed by atoms with E-state index >= 15 is 0 Å². The van der Waals surface area contributed by atoms with Crippen molar-refractivity contribution in [2.45, 2.75) is 26.2 Å². The van der Waals surface area contributed by atoms with Crippen LogP contribution in [0.3, 0.4) is 0 Å². The second-order valence-corrected chi connectivity index (χ2v) is 5.57. The molecule has 3 rings (SSSR count). The van der Waals surface area contributed by atoms with Crippen LogP contribution in [0.4, 0.5) is 0 Å². The van der Waals surface area contributed by atoms with Crippen LogP contribution in [0.5, 0.6) is 11.5 Å². The van der Waals surface area contributed by atoms with E-state index in [9.17, 15) is 4.79 Å².